The Morgan fingerprint density at radius 2 is 2.14 bits per heavy atom. The summed E-state index contributed by atoms with van der Waals surface area (Å²) in [6.07, 6.45) is 3.08. The quantitative estimate of drug-likeness (QED) is 0.744. The van der Waals surface area contributed by atoms with Crippen molar-refractivity contribution in [2.45, 2.75) is 52.1 Å². The van der Waals surface area contributed by atoms with Crippen molar-refractivity contribution < 1.29 is 4.79 Å². The summed E-state index contributed by atoms with van der Waals surface area (Å²) in [7, 11) is 0. The van der Waals surface area contributed by atoms with E-state index >= 15 is 0 Å². The van der Waals surface area contributed by atoms with Crippen molar-refractivity contribution in [1.29, 1.82) is 0 Å². The van der Waals surface area contributed by atoms with Crippen molar-refractivity contribution in [3.8, 4) is 0 Å². The van der Waals surface area contributed by atoms with E-state index in [-0.39, 0.29) is 17.9 Å². The molecule has 1 aliphatic rings. The van der Waals surface area contributed by atoms with Gasteiger partial charge in [-0.1, -0.05) is 13.8 Å². The largest absolute Gasteiger partial charge is 0.338 e. The van der Waals surface area contributed by atoms with E-state index in [4.69, 9.17) is 5.73 Å². The van der Waals surface area contributed by atoms with Gasteiger partial charge in [0, 0.05) is 24.5 Å². The van der Waals surface area contributed by atoms with Crippen LogP contribution in [0.15, 0.2) is 0 Å². The second-order valence-electron chi connectivity index (χ2n) is 4.49. The summed E-state index contributed by atoms with van der Waals surface area (Å²) in [6, 6.07) is 0.503. The molecule has 14 heavy (non-hydrogen) atoms. The van der Waals surface area contributed by atoms with Crippen molar-refractivity contribution >= 4 is 5.91 Å². The van der Waals surface area contributed by atoms with Crippen LogP contribution in [0.5, 0.6) is 0 Å². The summed E-state index contributed by atoms with van der Waals surface area (Å²) in [5.41, 5.74) is 5.88. The van der Waals surface area contributed by atoms with E-state index in [9.17, 15) is 4.79 Å². The van der Waals surface area contributed by atoms with E-state index in [0.717, 1.165) is 25.8 Å². The van der Waals surface area contributed by atoms with Gasteiger partial charge in [-0.3, -0.25) is 4.79 Å². The van der Waals surface area contributed by atoms with Crippen LogP contribution in [0.2, 0.25) is 0 Å². The normalized spacial score (nSPS) is 30.6. The van der Waals surface area contributed by atoms with Crippen molar-refractivity contribution in [3.05, 3.63) is 0 Å². The number of nitrogens with two attached hydrogens (primary N) is 1. The Balaban J connectivity index is 2.58. The van der Waals surface area contributed by atoms with E-state index < -0.39 is 0 Å². The van der Waals surface area contributed by atoms with E-state index in [0.29, 0.717) is 6.04 Å². The summed E-state index contributed by atoms with van der Waals surface area (Å²) in [4.78, 5) is 13.8. The minimum Gasteiger partial charge on any atom is -0.338 e. The smallest absolute Gasteiger partial charge is 0.225 e. The molecule has 2 N–H and O–H groups in total. The monoisotopic (exact) mass is 198 g/mol. The third-order valence-corrected chi connectivity index (χ3v) is 3.21. The fraction of sp³-hybridized carbons (Fsp3) is 0.909. The Kier molecular flexibility index (Phi) is 3.93. The summed E-state index contributed by atoms with van der Waals surface area (Å²) in [5, 5.41) is 0. The molecule has 1 heterocycles. The molecule has 82 valence electrons. The highest BCUT2D eigenvalue weighted by molar-refractivity contribution is 5.79. The first-order valence-corrected chi connectivity index (χ1v) is 5.62. The molecule has 0 aromatic heterocycles. The Hall–Kier alpha value is -0.570. The number of carbonyl (C=O) groups is 1. The molecule has 0 aliphatic carbocycles. The summed E-state index contributed by atoms with van der Waals surface area (Å²) >= 11 is 0. The topological polar surface area (TPSA) is 46.3 Å². The Labute approximate surface area is 86.6 Å². The lowest BCUT2D eigenvalue weighted by Gasteiger charge is -2.37. The predicted molar refractivity (Wildman–Crippen MR) is 57.8 cm³/mol. The first kappa shape index (κ1) is 11.5. The van der Waals surface area contributed by atoms with Crippen LogP contribution in [0.4, 0.5) is 0 Å². The van der Waals surface area contributed by atoms with Gasteiger partial charge in [0.05, 0.1) is 0 Å². The van der Waals surface area contributed by atoms with Crippen molar-refractivity contribution in [3.63, 3.8) is 0 Å². The van der Waals surface area contributed by atoms with Gasteiger partial charge in [-0.05, 0) is 26.2 Å². The lowest BCUT2D eigenvalue weighted by molar-refractivity contribution is -0.140. The second-order valence-corrected chi connectivity index (χ2v) is 4.49. The lowest BCUT2D eigenvalue weighted by atomic mass is 9.93. The van der Waals surface area contributed by atoms with Gasteiger partial charge in [0.2, 0.25) is 5.91 Å². The third kappa shape index (κ3) is 2.47. The molecule has 1 fully saturated rings. The maximum Gasteiger partial charge on any atom is 0.225 e. The number of rotatable bonds is 3. The summed E-state index contributed by atoms with van der Waals surface area (Å²) in [5.74, 6) is 0.475. The minimum atomic E-state index is 0.131. The molecule has 3 atom stereocenters. The molecule has 1 rings (SSSR count). The Bertz CT molecular complexity index is 205. The van der Waals surface area contributed by atoms with Crippen molar-refractivity contribution in [1.82, 2.24) is 4.90 Å². The van der Waals surface area contributed by atoms with E-state index in [2.05, 4.69) is 13.8 Å². The van der Waals surface area contributed by atoms with Crippen LogP contribution in [-0.2, 0) is 4.79 Å². The maximum atomic E-state index is 11.9. The summed E-state index contributed by atoms with van der Waals surface area (Å²) < 4.78 is 0. The second kappa shape index (κ2) is 4.78. The molecule has 1 amide bonds. The predicted octanol–water partition coefficient (Wildman–Crippen LogP) is 1.37. The lowest BCUT2D eigenvalue weighted by Crippen LogP contribution is -2.50. The molecule has 0 aromatic rings. The van der Waals surface area contributed by atoms with Gasteiger partial charge in [-0.15, -0.1) is 0 Å². The molecule has 0 radical (unpaired) electrons. The standard InChI is InChI=1S/C11H22N2O/c1-4-10(12)7-13-9(3)6-5-8(2)11(13)14/h8-10H,4-7,12H2,1-3H3. The molecular formula is C11H22N2O. The van der Waals surface area contributed by atoms with Crippen LogP contribution in [0, 0.1) is 5.92 Å². The zero-order chi connectivity index (χ0) is 10.7. The van der Waals surface area contributed by atoms with Crippen molar-refractivity contribution in [2.75, 3.05) is 6.54 Å². The number of hydrogen-bond acceptors (Lipinski definition) is 2. The number of amides is 1. The van der Waals surface area contributed by atoms with Crippen LogP contribution in [0.3, 0.4) is 0 Å². The van der Waals surface area contributed by atoms with Crippen LogP contribution in [0.25, 0.3) is 0 Å². The zero-order valence-electron chi connectivity index (χ0n) is 9.49. The number of likely N-dealkylation sites (tertiary alicyclic amines) is 1. The molecule has 1 saturated heterocycles. The third-order valence-electron chi connectivity index (χ3n) is 3.21. The molecule has 0 bridgehead atoms. The first-order chi connectivity index (χ1) is 6.56. The molecule has 3 unspecified atom stereocenters. The molecule has 3 heteroatoms. The highest BCUT2D eigenvalue weighted by Crippen LogP contribution is 2.22. The van der Waals surface area contributed by atoms with Crippen LogP contribution < -0.4 is 5.73 Å². The highest BCUT2D eigenvalue weighted by Gasteiger charge is 2.30. The molecular weight excluding hydrogens is 176 g/mol. The molecule has 0 saturated carbocycles. The Morgan fingerprint density at radius 1 is 1.50 bits per heavy atom. The first-order valence-electron chi connectivity index (χ1n) is 5.62. The fourth-order valence-corrected chi connectivity index (χ4v) is 1.92. The van der Waals surface area contributed by atoms with Crippen LogP contribution in [-0.4, -0.2) is 29.4 Å². The average molecular weight is 198 g/mol. The number of hydrogen-bond donors (Lipinski definition) is 1. The molecule has 1 aliphatic heterocycles. The van der Waals surface area contributed by atoms with Gasteiger partial charge in [0.25, 0.3) is 0 Å². The van der Waals surface area contributed by atoms with Gasteiger partial charge in [-0.2, -0.15) is 0 Å². The maximum absolute atomic E-state index is 11.9. The number of carbonyl (C=O) groups excluding carboxylic acids is 1. The van der Waals surface area contributed by atoms with Gasteiger partial charge >= 0.3 is 0 Å². The van der Waals surface area contributed by atoms with Crippen molar-refractivity contribution in [2.24, 2.45) is 11.7 Å². The van der Waals surface area contributed by atoms with E-state index in [1.54, 1.807) is 0 Å². The van der Waals surface area contributed by atoms with Gasteiger partial charge in [-0.25, -0.2) is 0 Å². The van der Waals surface area contributed by atoms with Crippen LogP contribution in [0.1, 0.15) is 40.0 Å². The zero-order valence-corrected chi connectivity index (χ0v) is 9.49. The average Bonchev–Trinajstić information content (AvgIpc) is 2.18. The van der Waals surface area contributed by atoms with E-state index in [1.165, 1.54) is 0 Å². The highest BCUT2D eigenvalue weighted by atomic mass is 16.2. The minimum absolute atomic E-state index is 0.131. The number of piperidine rings is 1. The molecule has 3 nitrogen and oxygen atoms in total. The number of nitrogens with zero attached hydrogens (tertiary/aromatic N) is 1. The van der Waals surface area contributed by atoms with Gasteiger partial charge in [0.15, 0.2) is 0 Å². The fourth-order valence-electron chi connectivity index (χ4n) is 1.92. The van der Waals surface area contributed by atoms with Gasteiger partial charge in [0.1, 0.15) is 0 Å². The molecule has 0 aromatic carbocycles. The van der Waals surface area contributed by atoms with E-state index in [1.807, 2.05) is 11.8 Å². The summed E-state index contributed by atoms with van der Waals surface area (Å²) in [6.45, 7) is 6.92. The van der Waals surface area contributed by atoms with Crippen LogP contribution >= 0.6 is 0 Å². The Morgan fingerprint density at radius 3 is 2.71 bits per heavy atom. The molecule has 0 spiro atoms. The van der Waals surface area contributed by atoms with Gasteiger partial charge < -0.3 is 10.6 Å². The SMILES string of the molecule is CCC(N)CN1C(=O)C(C)CCC1C.